The third-order valence-electron chi connectivity index (χ3n) is 8.89. The van der Waals surface area contributed by atoms with Crippen molar-refractivity contribution in [3.8, 4) is 0 Å². The molecule has 2 amide bonds. The van der Waals surface area contributed by atoms with E-state index in [0.717, 1.165) is 38.0 Å². The molecule has 2 aliphatic heterocycles. The van der Waals surface area contributed by atoms with Crippen LogP contribution in [0.2, 0.25) is 0 Å². The number of piperidine rings is 1. The van der Waals surface area contributed by atoms with Crippen LogP contribution < -0.4 is 5.32 Å². The third-order valence-corrected chi connectivity index (χ3v) is 8.89. The average Bonchev–Trinajstić information content (AvgIpc) is 3.03. The van der Waals surface area contributed by atoms with Crippen molar-refractivity contribution in [2.24, 2.45) is 0 Å². The lowest BCUT2D eigenvalue weighted by atomic mass is 9.81. The highest BCUT2D eigenvalue weighted by Gasteiger charge is 2.53. The number of aryl methyl sites for hydroxylation is 1. The van der Waals surface area contributed by atoms with Crippen LogP contribution in [0.15, 0.2) is 91.0 Å². The summed E-state index contributed by atoms with van der Waals surface area (Å²) in [6, 6.07) is 30.2. The molecule has 2 fully saturated rings. The Labute approximate surface area is 251 Å². The summed E-state index contributed by atoms with van der Waals surface area (Å²) in [6.45, 7) is 3.85. The van der Waals surface area contributed by atoms with E-state index in [2.05, 4.69) is 52.7 Å². The molecule has 222 valence electrons. The van der Waals surface area contributed by atoms with Gasteiger partial charge in [0.25, 0.3) is 0 Å². The zero-order valence-corrected chi connectivity index (χ0v) is 24.8. The molecule has 5 rings (SSSR count). The van der Waals surface area contributed by atoms with E-state index in [1.54, 1.807) is 0 Å². The number of carbonyl (C=O) groups is 2. The van der Waals surface area contributed by atoms with Gasteiger partial charge in [0, 0.05) is 19.6 Å². The van der Waals surface area contributed by atoms with Crippen molar-refractivity contribution in [1.82, 2.24) is 15.1 Å². The number of nitrogens with zero attached hydrogens (tertiary/aromatic N) is 2. The SMILES string of the molecule is O=C1C(COCc2ccccc2)NC(=O)C2(CCN(CCCCCCc3ccccc3)CC2)N1CCc1ccccc1. The van der Waals surface area contributed by atoms with Crippen LogP contribution in [0.4, 0.5) is 0 Å². The summed E-state index contributed by atoms with van der Waals surface area (Å²) >= 11 is 0. The molecule has 1 unspecified atom stereocenters. The summed E-state index contributed by atoms with van der Waals surface area (Å²) in [6.07, 6.45) is 8.08. The number of carbonyl (C=O) groups excluding carboxylic acids is 2. The molecule has 6 heteroatoms. The van der Waals surface area contributed by atoms with Crippen molar-refractivity contribution in [1.29, 1.82) is 0 Å². The van der Waals surface area contributed by atoms with E-state index in [9.17, 15) is 9.59 Å². The minimum atomic E-state index is -0.784. The normalized spacial score (nSPS) is 18.8. The lowest BCUT2D eigenvalue weighted by Crippen LogP contribution is -2.73. The van der Waals surface area contributed by atoms with Crippen LogP contribution in [0.5, 0.6) is 0 Å². The molecule has 2 aliphatic rings. The van der Waals surface area contributed by atoms with Crippen LogP contribution >= 0.6 is 0 Å². The maximum atomic E-state index is 13.9. The van der Waals surface area contributed by atoms with Gasteiger partial charge in [-0.2, -0.15) is 0 Å². The molecule has 0 saturated carbocycles. The molecule has 42 heavy (non-hydrogen) atoms. The van der Waals surface area contributed by atoms with Crippen LogP contribution in [0.1, 0.15) is 55.2 Å². The number of amides is 2. The fraction of sp³-hybridized carbons (Fsp3) is 0.444. The highest BCUT2D eigenvalue weighted by Crippen LogP contribution is 2.33. The quantitative estimate of drug-likeness (QED) is 0.265. The zero-order chi connectivity index (χ0) is 29.0. The topological polar surface area (TPSA) is 61.9 Å². The zero-order valence-electron chi connectivity index (χ0n) is 24.8. The van der Waals surface area contributed by atoms with E-state index >= 15 is 0 Å². The van der Waals surface area contributed by atoms with Gasteiger partial charge in [-0.15, -0.1) is 0 Å². The summed E-state index contributed by atoms with van der Waals surface area (Å²) < 4.78 is 5.91. The van der Waals surface area contributed by atoms with Crippen molar-refractivity contribution < 1.29 is 14.3 Å². The number of ether oxygens (including phenoxy) is 1. The van der Waals surface area contributed by atoms with Gasteiger partial charge in [-0.1, -0.05) is 104 Å². The summed E-state index contributed by atoms with van der Waals surface area (Å²) in [5, 5.41) is 3.06. The van der Waals surface area contributed by atoms with Gasteiger partial charge in [0.1, 0.15) is 11.6 Å². The lowest BCUT2D eigenvalue weighted by molar-refractivity contribution is -0.163. The molecule has 2 saturated heterocycles. The first-order valence-electron chi connectivity index (χ1n) is 15.7. The molecule has 1 spiro atoms. The van der Waals surface area contributed by atoms with Crippen LogP contribution in [0, 0.1) is 0 Å². The molecule has 1 N–H and O–H groups in total. The van der Waals surface area contributed by atoms with Gasteiger partial charge < -0.3 is 19.9 Å². The standard InChI is InChI=1S/C36H45N3O3/c40-34-33(29-42-28-32-19-11-5-12-20-32)37-35(41)36(39(34)25-21-31-17-9-4-10-18-31)22-26-38(27-23-36)24-13-2-1-6-14-30-15-7-3-8-16-30/h3-5,7-12,15-20,33H,1-2,6,13-14,21-29H2,(H,37,41). The minimum Gasteiger partial charge on any atom is -0.374 e. The van der Waals surface area contributed by atoms with Gasteiger partial charge in [0.2, 0.25) is 11.8 Å². The molecule has 1 atom stereocenters. The van der Waals surface area contributed by atoms with E-state index < -0.39 is 11.6 Å². The van der Waals surface area contributed by atoms with E-state index in [0.29, 0.717) is 26.0 Å². The molecular weight excluding hydrogens is 522 g/mol. The second-order valence-electron chi connectivity index (χ2n) is 11.8. The number of nitrogens with one attached hydrogen (secondary N) is 1. The van der Waals surface area contributed by atoms with Crippen molar-refractivity contribution >= 4 is 11.8 Å². The second kappa shape index (κ2) is 15.1. The highest BCUT2D eigenvalue weighted by molar-refractivity contribution is 6.00. The summed E-state index contributed by atoms with van der Waals surface area (Å²) in [7, 11) is 0. The Kier molecular flexibility index (Phi) is 10.8. The maximum Gasteiger partial charge on any atom is 0.248 e. The number of benzene rings is 3. The fourth-order valence-electron chi connectivity index (χ4n) is 6.37. The van der Waals surface area contributed by atoms with Crippen LogP contribution in [-0.4, -0.2) is 66.0 Å². The van der Waals surface area contributed by atoms with E-state index in [1.807, 2.05) is 53.4 Å². The molecule has 0 radical (unpaired) electrons. The Balaban J connectivity index is 1.14. The molecule has 0 aromatic heterocycles. The minimum absolute atomic E-state index is 0.0227. The highest BCUT2D eigenvalue weighted by atomic mass is 16.5. The summed E-state index contributed by atoms with van der Waals surface area (Å²) in [5.41, 5.74) is 2.86. The first-order chi connectivity index (χ1) is 20.6. The van der Waals surface area contributed by atoms with Crippen LogP contribution in [0.25, 0.3) is 0 Å². The lowest BCUT2D eigenvalue weighted by Gasteiger charge is -2.51. The fourth-order valence-corrected chi connectivity index (χ4v) is 6.37. The van der Waals surface area contributed by atoms with Gasteiger partial charge in [0.05, 0.1) is 13.2 Å². The first-order valence-corrected chi connectivity index (χ1v) is 15.7. The Morgan fingerprint density at radius 1 is 0.690 bits per heavy atom. The third kappa shape index (κ3) is 7.87. The molecule has 3 aromatic rings. The van der Waals surface area contributed by atoms with Gasteiger partial charge in [-0.05, 0) is 61.8 Å². The molecule has 2 heterocycles. The number of hydrogen-bond acceptors (Lipinski definition) is 4. The average molecular weight is 568 g/mol. The van der Waals surface area contributed by atoms with Crippen molar-refractivity contribution in [3.05, 3.63) is 108 Å². The van der Waals surface area contributed by atoms with Crippen molar-refractivity contribution in [2.75, 3.05) is 32.8 Å². The van der Waals surface area contributed by atoms with Gasteiger partial charge >= 0.3 is 0 Å². The van der Waals surface area contributed by atoms with Gasteiger partial charge in [-0.25, -0.2) is 0 Å². The van der Waals surface area contributed by atoms with Crippen molar-refractivity contribution in [3.63, 3.8) is 0 Å². The molecule has 0 aliphatic carbocycles. The molecule has 3 aromatic carbocycles. The number of likely N-dealkylation sites (tertiary alicyclic amines) is 1. The van der Waals surface area contributed by atoms with Gasteiger partial charge in [0.15, 0.2) is 0 Å². The first kappa shape index (κ1) is 30.0. The number of hydrogen-bond donors (Lipinski definition) is 1. The van der Waals surface area contributed by atoms with Crippen LogP contribution in [0.3, 0.4) is 0 Å². The van der Waals surface area contributed by atoms with E-state index in [1.165, 1.54) is 36.8 Å². The maximum absolute atomic E-state index is 13.9. The molecule has 0 bridgehead atoms. The van der Waals surface area contributed by atoms with E-state index in [4.69, 9.17) is 4.74 Å². The predicted octanol–water partition coefficient (Wildman–Crippen LogP) is 5.41. The van der Waals surface area contributed by atoms with E-state index in [-0.39, 0.29) is 18.4 Å². The van der Waals surface area contributed by atoms with Gasteiger partial charge in [-0.3, -0.25) is 9.59 Å². The molecular formula is C36H45N3O3. The summed E-state index contributed by atoms with van der Waals surface area (Å²) in [5.74, 6) is -0.0468. The molecule has 6 nitrogen and oxygen atoms in total. The van der Waals surface area contributed by atoms with Crippen molar-refractivity contribution in [2.45, 2.75) is 69.6 Å². The monoisotopic (exact) mass is 567 g/mol. The number of rotatable bonds is 14. The van der Waals surface area contributed by atoms with Crippen LogP contribution in [-0.2, 0) is 33.8 Å². The number of unbranched alkanes of at least 4 members (excludes halogenated alkanes) is 3. The number of piperazine rings is 1. The summed E-state index contributed by atoms with van der Waals surface area (Å²) in [4.78, 5) is 32.0. The Morgan fingerprint density at radius 3 is 1.90 bits per heavy atom. The Hall–Kier alpha value is -3.48. The smallest absolute Gasteiger partial charge is 0.248 e. The largest absolute Gasteiger partial charge is 0.374 e. The Bertz CT molecular complexity index is 1240. The second-order valence-corrected chi connectivity index (χ2v) is 11.8. The Morgan fingerprint density at radius 2 is 1.26 bits per heavy atom. The predicted molar refractivity (Wildman–Crippen MR) is 167 cm³/mol.